The van der Waals surface area contributed by atoms with Crippen LogP contribution < -0.4 is 5.32 Å². The molecule has 0 spiro atoms. The Kier molecular flexibility index (Phi) is 4.64. The van der Waals surface area contributed by atoms with Gasteiger partial charge in [0.05, 0.1) is 16.3 Å². The van der Waals surface area contributed by atoms with E-state index in [0.717, 1.165) is 8.04 Å². The van der Waals surface area contributed by atoms with E-state index in [-0.39, 0.29) is 5.91 Å². The fraction of sp³-hybridized carbons (Fsp3) is 0. The van der Waals surface area contributed by atoms with Gasteiger partial charge in [-0.1, -0.05) is 23.7 Å². The van der Waals surface area contributed by atoms with Gasteiger partial charge in [0.2, 0.25) is 0 Å². The highest BCUT2D eigenvalue weighted by atomic mass is 127. The molecule has 1 N–H and O–H groups in total. The van der Waals surface area contributed by atoms with Crippen molar-refractivity contribution in [2.45, 2.75) is 0 Å². The average Bonchev–Trinajstić information content (AvgIpc) is 2.33. The molecule has 1 amide bonds. The maximum Gasteiger partial charge on any atom is 0.256 e. The second kappa shape index (κ2) is 6.04. The Morgan fingerprint density at radius 1 is 1.22 bits per heavy atom. The molecule has 5 heteroatoms. The van der Waals surface area contributed by atoms with Crippen molar-refractivity contribution in [2.75, 3.05) is 5.32 Å². The minimum absolute atomic E-state index is 0.189. The Hall–Kier alpha value is -0.590. The molecule has 18 heavy (non-hydrogen) atoms. The first kappa shape index (κ1) is 13.8. The Bertz CT molecular complexity index is 603. The summed E-state index contributed by atoms with van der Waals surface area (Å²) in [6.07, 6.45) is 0. The lowest BCUT2D eigenvalue weighted by Crippen LogP contribution is -2.12. The maximum atomic E-state index is 12.1. The number of carbonyl (C=O) groups is 1. The van der Waals surface area contributed by atoms with Crippen LogP contribution in [0.25, 0.3) is 0 Å². The maximum absolute atomic E-state index is 12.1. The van der Waals surface area contributed by atoms with Crippen molar-refractivity contribution >= 4 is 61.7 Å². The first-order valence-electron chi connectivity index (χ1n) is 5.09. The number of halogens is 3. The monoisotopic (exact) mass is 435 g/mol. The van der Waals surface area contributed by atoms with Gasteiger partial charge >= 0.3 is 0 Å². The molecule has 2 rings (SSSR count). The van der Waals surface area contributed by atoms with Crippen LogP contribution in [0.4, 0.5) is 5.69 Å². The van der Waals surface area contributed by atoms with Crippen molar-refractivity contribution in [3.8, 4) is 0 Å². The SMILES string of the molecule is O=C(Nc1ccc(I)cc1Cl)c1ccccc1Br. The number of nitrogens with one attached hydrogen (secondary N) is 1. The largest absolute Gasteiger partial charge is 0.321 e. The molecular weight excluding hydrogens is 428 g/mol. The van der Waals surface area contributed by atoms with Crippen molar-refractivity contribution in [1.82, 2.24) is 0 Å². The van der Waals surface area contributed by atoms with Gasteiger partial charge in [-0.3, -0.25) is 4.79 Å². The van der Waals surface area contributed by atoms with Crippen molar-refractivity contribution in [3.63, 3.8) is 0 Å². The molecule has 0 atom stereocenters. The lowest BCUT2D eigenvalue weighted by atomic mass is 10.2. The van der Waals surface area contributed by atoms with Gasteiger partial charge in [0, 0.05) is 8.04 Å². The van der Waals surface area contributed by atoms with E-state index in [4.69, 9.17) is 11.6 Å². The highest BCUT2D eigenvalue weighted by molar-refractivity contribution is 14.1. The summed E-state index contributed by atoms with van der Waals surface area (Å²) in [5, 5.41) is 3.32. The van der Waals surface area contributed by atoms with Gasteiger partial charge in [-0.05, 0) is 68.9 Å². The van der Waals surface area contributed by atoms with Crippen LogP contribution in [0.15, 0.2) is 46.9 Å². The van der Waals surface area contributed by atoms with E-state index in [2.05, 4.69) is 43.8 Å². The summed E-state index contributed by atoms with van der Waals surface area (Å²) in [7, 11) is 0. The summed E-state index contributed by atoms with van der Waals surface area (Å²) >= 11 is 11.6. The molecule has 2 nitrogen and oxygen atoms in total. The van der Waals surface area contributed by atoms with Crippen molar-refractivity contribution < 1.29 is 4.79 Å². The summed E-state index contributed by atoms with van der Waals surface area (Å²) in [6, 6.07) is 12.7. The van der Waals surface area contributed by atoms with Crippen LogP contribution in [0.3, 0.4) is 0 Å². The zero-order valence-electron chi connectivity index (χ0n) is 9.08. The molecule has 0 radical (unpaired) electrons. The predicted molar refractivity (Wildman–Crippen MR) is 86.3 cm³/mol. The van der Waals surface area contributed by atoms with E-state index in [1.54, 1.807) is 18.2 Å². The van der Waals surface area contributed by atoms with Crippen LogP contribution in [-0.2, 0) is 0 Å². The van der Waals surface area contributed by atoms with Crippen LogP contribution in [0.1, 0.15) is 10.4 Å². The quantitative estimate of drug-likeness (QED) is 0.663. The summed E-state index contributed by atoms with van der Waals surface area (Å²) < 4.78 is 1.78. The minimum Gasteiger partial charge on any atom is -0.321 e. The van der Waals surface area contributed by atoms with E-state index in [0.29, 0.717) is 16.3 Å². The van der Waals surface area contributed by atoms with E-state index in [1.807, 2.05) is 24.3 Å². The highest BCUT2D eigenvalue weighted by Gasteiger charge is 2.11. The molecule has 92 valence electrons. The standard InChI is InChI=1S/C13H8BrClINO/c14-10-4-2-1-3-9(10)13(18)17-12-6-5-8(16)7-11(12)15/h1-7H,(H,17,18). The summed E-state index contributed by atoms with van der Waals surface area (Å²) in [5.74, 6) is -0.189. The molecule has 0 fully saturated rings. The Labute approximate surface area is 132 Å². The van der Waals surface area contributed by atoms with E-state index < -0.39 is 0 Å². The molecule has 0 saturated heterocycles. The van der Waals surface area contributed by atoms with Gasteiger partial charge in [-0.2, -0.15) is 0 Å². The number of rotatable bonds is 2. The van der Waals surface area contributed by atoms with Crippen molar-refractivity contribution in [1.29, 1.82) is 0 Å². The first-order valence-corrected chi connectivity index (χ1v) is 7.34. The van der Waals surface area contributed by atoms with Crippen LogP contribution >= 0.6 is 50.1 Å². The van der Waals surface area contributed by atoms with Crippen LogP contribution in [0.2, 0.25) is 5.02 Å². The van der Waals surface area contributed by atoms with E-state index in [1.165, 1.54) is 0 Å². The number of anilines is 1. The second-order valence-electron chi connectivity index (χ2n) is 3.56. The molecule has 0 heterocycles. The summed E-state index contributed by atoms with van der Waals surface area (Å²) in [5.41, 5.74) is 1.19. The molecule has 0 aliphatic heterocycles. The van der Waals surface area contributed by atoms with Crippen LogP contribution in [0, 0.1) is 3.57 Å². The van der Waals surface area contributed by atoms with Crippen LogP contribution in [0.5, 0.6) is 0 Å². The molecule has 0 saturated carbocycles. The molecule has 2 aromatic carbocycles. The third-order valence-corrected chi connectivity index (χ3v) is 3.97. The third-order valence-electron chi connectivity index (χ3n) is 2.30. The molecular formula is C13H8BrClINO. The number of benzene rings is 2. The average molecular weight is 436 g/mol. The molecule has 0 aromatic heterocycles. The summed E-state index contributed by atoms with van der Waals surface area (Å²) in [4.78, 5) is 12.1. The lowest BCUT2D eigenvalue weighted by Gasteiger charge is -2.08. The number of carbonyl (C=O) groups excluding carboxylic acids is 1. The number of hydrogen-bond acceptors (Lipinski definition) is 1. The first-order chi connectivity index (χ1) is 8.58. The van der Waals surface area contributed by atoms with Gasteiger partial charge in [0.25, 0.3) is 5.91 Å². The Morgan fingerprint density at radius 3 is 2.61 bits per heavy atom. The van der Waals surface area contributed by atoms with E-state index in [9.17, 15) is 4.79 Å². The third kappa shape index (κ3) is 3.24. The predicted octanol–water partition coefficient (Wildman–Crippen LogP) is 4.96. The normalized spacial score (nSPS) is 10.2. The number of amides is 1. The highest BCUT2D eigenvalue weighted by Crippen LogP contribution is 2.25. The topological polar surface area (TPSA) is 29.1 Å². The van der Waals surface area contributed by atoms with Gasteiger partial charge in [-0.25, -0.2) is 0 Å². The van der Waals surface area contributed by atoms with Crippen molar-refractivity contribution in [3.05, 3.63) is 61.1 Å². The van der Waals surface area contributed by atoms with Gasteiger partial charge in [0.1, 0.15) is 0 Å². The fourth-order valence-corrected chi connectivity index (χ4v) is 2.79. The smallest absolute Gasteiger partial charge is 0.256 e. The number of hydrogen-bond donors (Lipinski definition) is 1. The lowest BCUT2D eigenvalue weighted by molar-refractivity contribution is 0.102. The van der Waals surface area contributed by atoms with Gasteiger partial charge in [-0.15, -0.1) is 0 Å². The Balaban J connectivity index is 2.24. The minimum atomic E-state index is -0.189. The zero-order valence-corrected chi connectivity index (χ0v) is 13.6. The molecule has 0 aliphatic rings. The van der Waals surface area contributed by atoms with E-state index >= 15 is 0 Å². The molecule has 2 aromatic rings. The zero-order chi connectivity index (χ0) is 13.1. The summed E-state index contributed by atoms with van der Waals surface area (Å²) in [6.45, 7) is 0. The second-order valence-corrected chi connectivity index (χ2v) is 6.07. The fourth-order valence-electron chi connectivity index (χ4n) is 1.43. The van der Waals surface area contributed by atoms with Gasteiger partial charge in [0.15, 0.2) is 0 Å². The Morgan fingerprint density at radius 2 is 1.94 bits per heavy atom. The molecule has 0 aliphatic carbocycles. The van der Waals surface area contributed by atoms with Crippen molar-refractivity contribution in [2.24, 2.45) is 0 Å². The van der Waals surface area contributed by atoms with Gasteiger partial charge < -0.3 is 5.32 Å². The van der Waals surface area contributed by atoms with Crippen LogP contribution in [-0.4, -0.2) is 5.91 Å². The molecule has 0 unspecified atom stereocenters. The molecule has 0 bridgehead atoms.